The molecule has 0 bridgehead atoms. The number of ether oxygens (including phenoxy) is 1. The van der Waals surface area contributed by atoms with Crippen molar-refractivity contribution >= 4 is 22.4 Å². The zero-order valence-electron chi connectivity index (χ0n) is 16.0. The summed E-state index contributed by atoms with van der Waals surface area (Å²) < 4.78 is 34.0. The Morgan fingerprint density at radius 2 is 2.10 bits per heavy atom. The second kappa shape index (κ2) is 8.95. The van der Waals surface area contributed by atoms with Crippen LogP contribution >= 0.6 is 11.3 Å². The number of aromatic nitrogens is 6. The van der Waals surface area contributed by atoms with Gasteiger partial charge in [0, 0.05) is 23.3 Å². The van der Waals surface area contributed by atoms with Crippen LogP contribution in [0.25, 0.3) is 22.9 Å². The molecule has 0 aliphatic carbocycles. The Morgan fingerprint density at radius 1 is 1.29 bits per heavy atom. The third kappa shape index (κ3) is 5.06. The van der Waals surface area contributed by atoms with Gasteiger partial charge < -0.3 is 14.6 Å². The molecule has 0 unspecified atom stereocenters. The fraction of sp³-hybridized carbons (Fsp3) is 0.222. The third-order valence-corrected chi connectivity index (χ3v) is 4.94. The molecule has 3 aromatic heterocycles. The van der Waals surface area contributed by atoms with E-state index < -0.39 is 6.61 Å². The van der Waals surface area contributed by atoms with Gasteiger partial charge in [0.25, 0.3) is 0 Å². The molecule has 0 aliphatic rings. The number of hydrogen-bond donors (Lipinski definition) is 2. The van der Waals surface area contributed by atoms with Crippen molar-refractivity contribution in [2.45, 2.75) is 26.4 Å². The average molecular weight is 447 g/mol. The lowest BCUT2D eigenvalue weighted by atomic mass is 10.1. The lowest BCUT2D eigenvalue weighted by molar-refractivity contribution is -0.116. The van der Waals surface area contributed by atoms with E-state index in [-0.39, 0.29) is 30.3 Å². The quantitative estimate of drug-likeness (QED) is 0.420. The summed E-state index contributed by atoms with van der Waals surface area (Å²) in [7, 11) is 0. The maximum atomic E-state index is 12.3. The molecule has 0 spiro atoms. The van der Waals surface area contributed by atoms with Gasteiger partial charge in [0.15, 0.2) is 11.0 Å². The summed E-state index contributed by atoms with van der Waals surface area (Å²) in [6.45, 7) is -1.02. The number of nitrogens with zero attached hydrogens (tertiary/aromatic N) is 5. The van der Waals surface area contributed by atoms with Gasteiger partial charge in [0.05, 0.1) is 5.69 Å². The smallest absolute Gasteiger partial charge is 0.387 e. The first kappa shape index (κ1) is 20.5. The summed E-state index contributed by atoms with van der Waals surface area (Å²) in [5.41, 5.74) is 1.37. The standard InChI is InChI=1S/C18H15F2N7O3S/c1-9-14(10-2-4-11(5-3-10)29-17(19)20)25-18(31-9)23-12(28)6-7-13-24-16(27-30-13)15-21-8-22-26-15/h2-5,8,17H,6-7H2,1H3,(H,21,22,26)(H,23,25,28). The number of thiazole rings is 1. The molecule has 0 fully saturated rings. The monoisotopic (exact) mass is 447 g/mol. The van der Waals surface area contributed by atoms with Gasteiger partial charge in [-0.05, 0) is 31.2 Å². The number of aromatic amines is 1. The van der Waals surface area contributed by atoms with Crippen LogP contribution in [0.2, 0.25) is 0 Å². The minimum atomic E-state index is -2.88. The lowest BCUT2D eigenvalue weighted by Crippen LogP contribution is -2.12. The van der Waals surface area contributed by atoms with Crippen molar-refractivity contribution in [2.24, 2.45) is 0 Å². The number of carbonyl (C=O) groups excluding carboxylic acids is 1. The Kier molecular flexibility index (Phi) is 5.93. The van der Waals surface area contributed by atoms with E-state index in [4.69, 9.17) is 4.52 Å². The number of anilines is 1. The number of H-pyrrole nitrogens is 1. The van der Waals surface area contributed by atoms with E-state index >= 15 is 0 Å². The molecule has 1 amide bonds. The third-order valence-electron chi connectivity index (χ3n) is 4.06. The Bertz CT molecular complexity index is 1160. The number of rotatable bonds is 8. The highest BCUT2D eigenvalue weighted by molar-refractivity contribution is 7.16. The van der Waals surface area contributed by atoms with Crippen LogP contribution in [-0.2, 0) is 11.2 Å². The van der Waals surface area contributed by atoms with E-state index in [2.05, 4.69) is 40.4 Å². The predicted octanol–water partition coefficient (Wildman–Crippen LogP) is 3.46. The van der Waals surface area contributed by atoms with Crippen molar-refractivity contribution in [3.05, 3.63) is 41.4 Å². The number of hydrogen-bond acceptors (Lipinski definition) is 9. The zero-order chi connectivity index (χ0) is 21.8. The SMILES string of the molecule is Cc1sc(NC(=O)CCc2nc(-c3ncn[nH]3)no2)nc1-c1ccc(OC(F)F)cc1. The fourth-order valence-corrected chi connectivity index (χ4v) is 3.53. The number of alkyl halides is 2. The molecule has 0 saturated heterocycles. The Labute approximate surface area is 177 Å². The van der Waals surface area contributed by atoms with Crippen molar-refractivity contribution in [1.29, 1.82) is 0 Å². The first-order valence-corrected chi connectivity index (χ1v) is 9.80. The molecule has 0 radical (unpaired) electrons. The second-order valence-electron chi connectivity index (χ2n) is 6.22. The van der Waals surface area contributed by atoms with E-state index in [1.54, 1.807) is 12.1 Å². The van der Waals surface area contributed by atoms with Crippen LogP contribution in [0.3, 0.4) is 0 Å². The van der Waals surface area contributed by atoms with Crippen molar-refractivity contribution in [2.75, 3.05) is 5.32 Å². The maximum Gasteiger partial charge on any atom is 0.387 e. The molecule has 2 N–H and O–H groups in total. The van der Waals surface area contributed by atoms with Crippen molar-refractivity contribution < 1.29 is 22.8 Å². The zero-order valence-corrected chi connectivity index (χ0v) is 16.8. The number of halogens is 2. The Hall–Kier alpha value is -3.74. The number of nitrogens with one attached hydrogen (secondary N) is 2. The summed E-state index contributed by atoms with van der Waals surface area (Å²) in [5, 5.41) is 13.3. The van der Waals surface area contributed by atoms with Gasteiger partial charge in [-0.3, -0.25) is 9.89 Å². The fourth-order valence-electron chi connectivity index (χ4n) is 2.68. The number of carbonyl (C=O) groups is 1. The summed E-state index contributed by atoms with van der Waals surface area (Å²) in [6.07, 6.45) is 1.69. The average Bonchev–Trinajstić information content (AvgIpc) is 3.48. The van der Waals surface area contributed by atoms with Crippen LogP contribution in [0, 0.1) is 6.92 Å². The molecule has 1 aromatic carbocycles. The Balaban J connectivity index is 1.35. The largest absolute Gasteiger partial charge is 0.435 e. The lowest BCUT2D eigenvalue weighted by Gasteiger charge is -2.05. The summed E-state index contributed by atoms with van der Waals surface area (Å²) in [5.74, 6) is 0.730. The Morgan fingerprint density at radius 3 is 2.81 bits per heavy atom. The first-order chi connectivity index (χ1) is 15.0. The summed E-state index contributed by atoms with van der Waals surface area (Å²) in [6, 6.07) is 6.14. The van der Waals surface area contributed by atoms with Crippen LogP contribution in [0.15, 0.2) is 35.1 Å². The summed E-state index contributed by atoms with van der Waals surface area (Å²) in [4.78, 5) is 25.7. The van der Waals surface area contributed by atoms with E-state index in [0.29, 0.717) is 22.5 Å². The second-order valence-corrected chi connectivity index (χ2v) is 7.42. The predicted molar refractivity (Wildman–Crippen MR) is 106 cm³/mol. The normalized spacial score (nSPS) is 11.1. The summed E-state index contributed by atoms with van der Waals surface area (Å²) >= 11 is 1.31. The molecule has 4 rings (SSSR count). The maximum absolute atomic E-state index is 12.3. The topological polar surface area (TPSA) is 132 Å². The van der Waals surface area contributed by atoms with Crippen molar-refractivity contribution in [3.63, 3.8) is 0 Å². The number of benzene rings is 1. The highest BCUT2D eigenvalue weighted by Crippen LogP contribution is 2.31. The van der Waals surface area contributed by atoms with Crippen molar-refractivity contribution in [1.82, 2.24) is 30.3 Å². The van der Waals surface area contributed by atoms with Crippen LogP contribution in [-0.4, -0.2) is 42.8 Å². The highest BCUT2D eigenvalue weighted by atomic mass is 32.1. The molecule has 0 aliphatic heterocycles. The van der Waals surface area contributed by atoms with E-state index in [0.717, 1.165) is 10.4 Å². The number of aryl methyl sites for hydroxylation is 2. The van der Waals surface area contributed by atoms with Gasteiger partial charge in [-0.2, -0.15) is 18.9 Å². The van der Waals surface area contributed by atoms with E-state index in [1.807, 2.05) is 6.92 Å². The van der Waals surface area contributed by atoms with Crippen LogP contribution < -0.4 is 10.1 Å². The van der Waals surface area contributed by atoms with Crippen molar-refractivity contribution in [3.8, 4) is 28.7 Å². The van der Waals surface area contributed by atoms with Gasteiger partial charge in [-0.15, -0.1) is 11.3 Å². The molecular formula is C18H15F2N7O3S. The first-order valence-electron chi connectivity index (χ1n) is 8.99. The van der Waals surface area contributed by atoms with Gasteiger partial charge in [0.1, 0.15) is 12.1 Å². The molecule has 13 heteroatoms. The van der Waals surface area contributed by atoms with Crippen LogP contribution in [0.5, 0.6) is 5.75 Å². The minimum absolute atomic E-state index is 0.0626. The molecule has 31 heavy (non-hydrogen) atoms. The molecule has 10 nitrogen and oxygen atoms in total. The molecule has 4 aromatic rings. The van der Waals surface area contributed by atoms with Gasteiger partial charge in [-0.25, -0.2) is 9.97 Å². The van der Waals surface area contributed by atoms with E-state index in [9.17, 15) is 13.6 Å². The van der Waals surface area contributed by atoms with Gasteiger partial charge >= 0.3 is 6.61 Å². The van der Waals surface area contributed by atoms with E-state index in [1.165, 1.54) is 29.8 Å². The molecule has 160 valence electrons. The van der Waals surface area contributed by atoms with Gasteiger partial charge in [0.2, 0.25) is 17.6 Å². The molecule has 0 saturated carbocycles. The minimum Gasteiger partial charge on any atom is -0.435 e. The van der Waals surface area contributed by atoms with Gasteiger partial charge in [-0.1, -0.05) is 5.16 Å². The molecule has 3 heterocycles. The van der Waals surface area contributed by atoms with Crippen LogP contribution in [0.1, 0.15) is 17.2 Å². The highest BCUT2D eigenvalue weighted by Gasteiger charge is 2.15. The molecule has 0 atom stereocenters. The number of amides is 1. The van der Waals surface area contributed by atoms with Crippen LogP contribution in [0.4, 0.5) is 13.9 Å². The molecular weight excluding hydrogens is 432 g/mol.